The van der Waals surface area contributed by atoms with Crippen LogP contribution in [0.2, 0.25) is 0 Å². The summed E-state index contributed by atoms with van der Waals surface area (Å²) in [4.78, 5) is 25.6. The fourth-order valence-electron chi connectivity index (χ4n) is 3.62. The van der Waals surface area contributed by atoms with Gasteiger partial charge in [-0.15, -0.1) is 0 Å². The zero-order valence-electron chi connectivity index (χ0n) is 17.0. The zero-order valence-corrected chi connectivity index (χ0v) is 17.8. The predicted molar refractivity (Wildman–Crippen MR) is 112 cm³/mol. The molecule has 0 bridgehead atoms. The van der Waals surface area contributed by atoms with Gasteiger partial charge in [-0.2, -0.15) is 0 Å². The summed E-state index contributed by atoms with van der Waals surface area (Å²) >= 11 is 0. The Kier molecular flexibility index (Phi) is 6.23. The molecule has 0 aliphatic carbocycles. The summed E-state index contributed by atoms with van der Waals surface area (Å²) in [5.41, 5.74) is 2.58. The molecule has 9 heteroatoms. The van der Waals surface area contributed by atoms with E-state index in [9.17, 15) is 22.4 Å². The molecule has 1 aliphatic heterocycles. The molecule has 0 fully saturated rings. The lowest BCUT2D eigenvalue weighted by Crippen LogP contribution is -2.33. The second-order valence-corrected chi connectivity index (χ2v) is 9.15. The highest BCUT2D eigenvalue weighted by atomic mass is 32.2. The molecule has 0 saturated carbocycles. The van der Waals surface area contributed by atoms with Gasteiger partial charge in [-0.25, -0.2) is 17.5 Å². The number of nitrogens with zero attached hydrogens (tertiary/aromatic N) is 1. The van der Waals surface area contributed by atoms with E-state index >= 15 is 0 Å². The topological polar surface area (TPSA) is 95.6 Å². The van der Waals surface area contributed by atoms with Gasteiger partial charge in [-0.1, -0.05) is 0 Å². The normalized spacial score (nSPS) is 15.7. The average Bonchev–Trinajstić information content (AvgIpc) is 2.99. The Hall–Kier alpha value is -2.78. The summed E-state index contributed by atoms with van der Waals surface area (Å²) in [6, 6.07) is 8.65. The van der Waals surface area contributed by atoms with Gasteiger partial charge in [0.2, 0.25) is 21.8 Å². The first-order valence-corrected chi connectivity index (χ1v) is 11.0. The van der Waals surface area contributed by atoms with E-state index in [2.05, 4.69) is 10.0 Å². The highest BCUT2D eigenvalue weighted by Crippen LogP contribution is 2.33. The number of carbonyl (C=O) groups excluding carboxylic acids is 2. The Morgan fingerprint density at radius 3 is 2.60 bits per heavy atom. The van der Waals surface area contributed by atoms with E-state index in [-0.39, 0.29) is 35.7 Å². The number of rotatable bonds is 6. The minimum Gasteiger partial charge on any atom is -0.326 e. The molecule has 1 atom stereocenters. The number of benzene rings is 2. The zero-order chi connectivity index (χ0) is 22.1. The van der Waals surface area contributed by atoms with Crippen molar-refractivity contribution in [3.63, 3.8) is 0 Å². The van der Waals surface area contributed by atoms with E-state index in [1.807, 2.05) is 6.92 Å². The summed E-state index contributed by atoms with van der Waals surface area (Å²) in [6.07, 6.45) is 0.508. The average molecular weight is 434 g/mol. The highest BCUT2D eigenvalue weighted by molar-refractivity contribution is 7.89. The number of halogens is 1. The van der Waals surface area contributed by atoms with E-state index in [1.54, 1.807) is 24.0 Å². The monoisotopic (exact) mass is 433 g/mol. The van der Waals surface area contributed by atoms with E-state index in [0.717, 1.165) is 11.3 Å². The minimum absolute atomic E-state index is 0.0259. The molecule has 1 aliphatic rings. The molecule has 2 amide bonds. The minimum atomic E-state index is -3.80. The Morgan fingerprint density at radius 1 is 1.20 bits per heavy atom. The van der Waals surface area contributed by atoms with Crippen molar-refractivity contribution in [1.82, 2.24) is 4.72 Å². The Labute approximate surface area is 175 Å². The van der Waals surface area contributed by atoms with Crippen LogP contribution in [0, 0.1) is 12.7 Å². The van der Waals surface area contributed by atoms with Crippen molar-refractivity contribution in [1.29, 1.82) is 0 Å². The SMILES string of the molecule is CC(=O)N1c2ccc(S(=O)(=O)NCCC(=O)Nc3ccc(F)cc3C)cc2C[C@@H]1C. The molecule has 30 heavy (non-hydrogen) atoms. The lowest BCUT2D eigenvalue weighted by Gasteiger charge is -2.20. The van der Waals surface area contributed by atoms with Crippen LogP contribution >= 0.6 is 0 Å². The number of carbonyl (C=O) groups is 2. The first-order valence-electron chi connectivity index (χ1n) is 9.57. The van der Waals surface area contributed by atoms with Crippen LogP contribution in [0.5, 0.6) is 0 Å². The molecule has 0 unspecified atom stereocenters. The van der Waals surface area contributed by atoms with Gasteiger partial charge < -0.3 is 10.2 Å². The summed E-state index contributed by atoms with van der Waals surface area (Å²) in [6.45, 7) is 4.98. The van der Waals surface area contributed by atoms with E-state index in [4.69, 9.17) is 0 Å². The molecular formula is C21H24FN3O4S. The molecular weight excluding hydrogens is 409 g/mol. The molecule has 2 aromatic rings. The first-order chi connectivity index (χ1) is 14.1. The van der Waals surface area contributed by atoms with Crippen molar-refractivity contribution in [2.45, 2.75) is 44.6 Å². The Bertz CT molecular complexity index is 1100. The number of sulfonamides is 1. The third-order valence-corrected chi connectivity index (χ3v) is 6.48. The number of aryl methyl sites for hydroxylation is 1. The van der Waals surface area contributed by atoms with Crippen molar-refractivity contribution in [2.75, 3.05) is 16.8 Å². The molecule has 1 heterocycles. The number of hydrogen-bond donors (Lipinski definition) is 2. The lowest BCUT2D eigenvalue weighted by molar-refractivity contribution is -0.117. The molecule has 3 rings (SSSR count). The molecule has 0 spiro atoms. The highest BCUT2D eigenvalue weighted by Gasteiger charge is 2.30. The molecule has 160 valence electrons. The van der Waals surface area contributed by atoms with Gasteiger partial charge in [0.25, 0.3) is 0 Å². The third-order valence-electron chi connectivity index (χ3n) is 5.02. The Balaban J connectivity index is 1.61. The Morgan fingerprint density at radius 2 is 1.93 bits per heavy atom. The summed E-state index contributed by atoms with van der Waals surface area (Å²) in [5.74, 6) is -0.863. The van der Waals surface area contributed by atoms with Crippen molar-refractivity contribution in [3.8, 4) is 0 Å². The lowest BCUT2D eigenvalue weighted by atomic mass is 10.1. The maximum absolute atomic E-state index is 13.1. The smallest absolute Gasteiger partial charge is 0.240 e. The first kappa shape index (κ1) is 21.9. The molecule has 7 nitrogen and oxygen atoms in total. The van der Waals surface area contributed by atoms with Gasteiger partial charge in [0.15, 0.2) is 0 Å². The van der Waals surface area contributed by atoms with Gasteiger partial charge in [-0.3, -0.25) is 9.59 Å². The number of nitrogens with one attached hydrogen (secondary N) is 2. The van der Waals surface area contributed by atoms with Crippen molar-refractivity contribution in [2.24, 2.45) is 0 Å². The quantitative estimate of drug-likeness (QED) is 0.732. The maximum atomic E-state index is 13.1. The molecule has 0 aromatic heterocycles. The van der Waals surface area contributed by atoms with Crippen LogP contribution in [0.3, 0.4) is 0 Å². The van der Waals surface area contributed by atoms with Gasteiger partial charge in [-0.05, 0) is 67.8 Å². The maximum Gasteiger partial charge on any atom is 0.240 e. The predicted octanol–water partition coefficient (Wildman–Crippen LogP) is 2.74. The van der Waals surface area contributed by atoms with E-state index in [0.29, 0.717) is 17.7 Å². The van der Waals surface area contributed by atoms with Crippen LogP contribution in [0.1, 0.15) is 31.4 Å². The summed E-state index contributed by atoms with van der Waals surface area (Å²) in [5, 5.41) is 2.64. The fraction of sp³-hybridized carbons (Fsp3) is 0.333. The summed E-state index contributed by atoms with van der Waals surface area (Å²) in [7, 11) is -3.80. The second-order valence-electron chi connectivity index (χ2n) is 7.39. The van der Waals surface area contributed by atoms with Crippen LogP contribution in [0.25, 0.3) is 0 Å². The van der Waals surface area contributed by atoms with Crippen LogP contribution in [0.4, 0.5) is 15.8 Å². The largest absolute Gasteiger partial charge is 0.326 e. The number of hydrogen-bond acceptors (Lipinski definition) is 4. The number of anilines is 2. The van der Waals surface area contributed by atoms with Gasteiger partial charge in [0.1, 0.15) is 5.82 Å². The number of fused-ring (bicyclic) bond motifs is 1. The number of amides is 2. The van der Waals surface area contributed by atoms with Crippen molar-refractivity contribution < 1.29 is 22.4 Å². The second kappa shape index (κ2) is 8.53. The summed E-state index contributed by atoms with van der Waals surface area (Å²) < 4.78 is 40.8. The van der Waals surface area contributed by atoms with Gasteiger partial charge in [0.05, 0.1) is 4.90 Å². The third kappa shape index (κ3) is 4.68. The van der Waals surface area contributed by atoms with Gasteiger partial charge in [0, 0.05) is 37.3 Å². The molecule has 2 N–H and O–H groups in total. The standard InChI is InChI=1S/C21H24FN3O4S/c1-13-10-17(22)4-6-19(13)24-21(27)8-9-23-30(28,29)18-5-7-20-16(12-18)11-14(2)25(20)15(3)26/h4-7,10,12,14,23H,8-9,11H2,1-3H3,(H,24,27)/t14-/m0/s1. The van der Waals surface area contributed by atoms with E-state index < -0.39 is 15.8 Å². The van der Waals surface area contributed by atoms with E-state index in [1.165, 1.54) is 31.2 Å². The van der Waals surface area contributed by atoms with Crippen LogP contribution in [-0.2, 0) is 26.0 Å². The van der Waals surface area contributed by atoms with Crippen LogP contribution in [-0.4, -0.2) is 32.8 Å². The van der Waals surface area contributed by atoms with Crippen LogP contribution in [0.15, 0.2) is 41.3 Å². The fourth-order valence-corrected chi connectivity index (χ4v) is 4.70. The molecule has 2 aromatic carbocycles. The van der Waals surface area contributed by atoms with Gasteiger partial charge >= 0.3 is 0 Å². The van der Waals surface area contributed by atoms with Crippen LogP contribution < -0.4 is 14.9 Å². The molecule has 0 radical (unpaired) electrons. The molecule has 0 saturated heterocycles. The van der Waals surface area contributed by atoms with Crippen molar-refractivity contribution in [3.05, 3.63) is 53.3 Å². The van der Waals surface area contributed by atoms with Crippen molar-refractivity contribution >= 4 is 33.2 Å².